The average Bonchev–Trinajstić information content (AvgIpc) is 2.74. The molecule has 0 radical (unpaired) electrons. The summed E-state index contributed by atoms with van der Waals surface area (Å²) in [5.74, 6) is 2.10. The van der Waals surface area contributed by atoms with Crippen molar-refractivity contribution in [2.75, 3.05) is 27.9 Å². The van der Waals surface area contributed by atoms with E-state index >= 15 is 0 Å². The molecule has 0 bridgehead atoms. The van der Waals surface area contributed by atoms with Crippen LogP contribution >= 0.6 is 0 Å². The second-order valence-electron chi connectivity index (χ2n) is 6.28. The second kappa shape index (κ2) is 10.6. The number of nitrogens with one attached hydrogen (secondary N) is 2. The third-order valence-electron chi connectivity index (χ3n) is 4.23. The predicted molar refractivity (Wildman–Crippen MR) is 109 cm³/mol. The van der Waals surface area contributed by atoms with E-state index in [2.05, 4.69) is 15.6 Å². The maximum Gasteiger partial charge on any atom is 0.416 e. The SMILES string of the molecule is CCNC(=NCc1cc(OC)c(OC)c(OC)c1)NCc1ccc(C(F)(F)F)cc1. The molecule has 0 saturated heterocycles. The molecule has 6 nitrogen and oxygen atoms in total. The van der Waals surface area contributed by atoms with Gasteiger partial charge in [0.15, 0.2) is 17.5 Å². The van der Waals surface area contributed by atoms with Gasteiger partial charge in [-0.2, -0.15) is 13.2 Å². The first-order chi connectivity index (χ1) is 14.3. The van der Waals surface area contributed by atoms with E-state index in [0.717, 1.165) is 17.7 Å². The van der Waals surface area contributed by atoms with Crippen LogP contribution in [0.1, 0.15) is 23.6 Å². The summed E-state index contributed by atoms with van der Waals surface area (Å²) in [6, 6.07) is 8.64. The predicted octanol–water partition coefficient (Wildman–Crippen LogP) is 3.99. The zero-order valence-electron chi connectivity index (χ0n) is 17.4. The Bertz CT molecular complexity index is 828. The fourth-order valence-corrected chi connectivity index (χ4v) is 2.74. The van der Waals surface area contributed by atoms with Crippen LogP contribution in [0.3, 0.4) is 0 Å². The van der Waals surface area contributed by atoms with Crippen molar-refractivity contribution in [2.24, 2.45) is 4.99 Å². The number of guanidine groups is 1. The summed E-state index contributed by atoms with van der Waals surface area (Å²) < 4.78 is 54.1. The molecule has 9 heteroatoms. The topological polar surface area (TPSA) is 64.1 Å². The molecule has 30 heavy (non-hydrogen) atoms. The lowest BCUT2D eigenvalue weighted by Crippen LogP contribution is -2.36. The number of ether oxygens (including phenoxy) is 3. The fourth-order valence-electron chi connectivity index (χ4n) is 2.74. The van der Waals surface area contributed by atoms with E-state index in [0.29, 0.717) is 48.4 Å². The first kappa shape index (κ1) is 23.2. The van der Waals surface area contributed by atoms with Crippen LogP contribution < -0.4 is 24.8 Å². The van der Waals surface area contributed by atoms with Crippen LogP contribution in [0.2, 0.25) is 0 Å². The molecule has 2 rings (SSSR count). The first-order valence-electron chi connectivity index (χ1n) is 9.29. The minimum absolute atomic E-state index is 0.332. The minimum Gasteiger partial charge on any atom is -0.493 e. The van der Waals surface area contributed by atoms with E-state index in [1.165, 1.54) is 19.2 Å². The van der Waals surface area contributed by atoms with Gasteiger partial charge < -0.3 is 24.8 Å². The van der Waals surface area contributed by atoms with Crippen LogP contribution in [0.25, 0.3) is 0 Å². The number of methoxy groups -OCH3 is 3. The van der Waals surface area contributed by atoms with Crippen molar-refractivity contribution in [3.63, 3.8) is 0 Å². The van der Waals surface area contributed by atoms with Gasteiger partial charge in [0.25, 0.3) is 0 Å². The summed E-state index contributed by atoms with van der Waals surface area (Å²) >= 11 is 0. The van der Waals surface area contributed by atoms with Crippen LogP contribution in [0.5, 0.6) is 17.2 Å². The van der Waals surface area contributed by atoms with Crippen molar-refractivity contribution < 1.29 is 27.4 Å². The normalized spacial score (nSPS) is 11.8. The Morgan fingerprint density at radius 2 is 1.50 bits per heavy atom. The number of aliphatic imine (C=N–C) groups is 1. The van der Waals surface area contributed by atoms with Gasteiger partial charge in [0.05, 0.1) is 33.4 Å². The second-order valence-corrected chi connectivity index (χ2v) is 6.28. The maximum atomic E-state index is 12.7. The highest BCUT2D eigenvalue weighted by atomic mass is 19.4. The highest BCUT2D eigenvalue weighted by molar-refractivity contribution is 5.79. The number of benzene rings is 2. The Hall–Kier alpha value is -3.10. The van der Waals surface area contributed by atoms with Gasteiger partial charge in [0.1, 0.15) is 0 Å². The van der Waals surface area contributed by atoms with Crippen molar-refractivity contribution in [3.05, 3.63) is 53.1 Å². The molecule has 0 heterocycles. The summed E-state index contributed by atoms with van der Waals surface area (Å²) in [5, 5.41) is 6.23. The van der Waals surface area contributed by atoms with E-state index in [9.17, 15) is 13.2 Å². The Kier molecular flexibility index (Phi) is 8.20. The van der Waals surface area contributed by atoms with Crippen LogP contribution in [-0.4, -0.2) is 33.8 Å². The maximum absolute atomic E-state index is 12.7. The first-order valence-corrected chi connectivity index (χ1v) is 9.29. The van der Waals surface area contributed by atoms with Crippen LogP contribution in [-0.2, 0) is 19.3 Å². The Labute approximate surface area is 174 Å². The quantitative estimate of drug-likeness (QED) is 0.495. The molecule has 2 aromatic rings. The lowest BCUT2D eigenvalue weighted by molar-refractivity contribution is -0.137. The van der Waals surface area contributed by atoms with Crippen LogP contribution in [0, 0.1) is 0 Å². The van der Waals surface area contributed by atoms with Crippen molar-refractivity contribution in [1.29, 1.82) is 0 Å². The molecule has 0 aromatic heterocycles. The highest BCUT2D eigenvalue weighted by Gasteiger charge is 2.29. The van der Waals surface area contributed by atoms with E-state index in [4.69, 9.17) is 14.2 Å². The summed E-state index contributed by atoms with van der Waals surface area (Å²) in [5.41, 5.74) is 0.881. The fraction of sp³-hybridized carbons (Fsp3) is 0.381. The molecule has 0 aliphatic carbocycles. The van der Waals surface area contributed by atoms with Gasteiger partial charge in [-0.05, 0) is 42.3 Å². The van der Waals surface area contributed by atoms with Gasteiger partial charge in [-0.1, -0.05) is 12.1 Å². The third kappa shape index (κ3) is 6.20. The van der Waals surface area contributed by atoms with Gasteiger partial charge >= 0.3 is 6.18 Å². The summed E-state index contributed by atoms with van der Waals surface area (Å²) in [6.07, 6.45) is -4.34. The molecular formula is C21H26F3N3O3. The van der Waals surface area contributed by atoms with Crippen LogP contribution in [0.15, 0.2) is 41.4 Å². The number of hydrogen-bond acceptors (Lipinski definition) is 4. The number of rotatable bonds is 8. The van der Waals surface area contributed by atoms with Gasteiger partial charge in [0.2, 0.25) is 5.75 Å². The van der Waals surface area contributed by atoms with Gasteiger partial charge in [-0.15, -0.1) is 0 Å². The zero-order chi connectivity index (χ0) is 22.1. The van der Waals surface area contributed by atoms with Crippen molar-refractivity contribution in [3.8, 4) is 17.2 Å². The van der Waals surface area contributed by atoms with E-state index < -0.39 is 11.7 Å². The Morgan fingerprint density at radius 3 is 1.97 bits per heavy atom. The van der Waals surface area contributed by atoms with Gasteiger partial charge in [0, 0.05) is 13.1 Å². The monoisotopic (exact) mass is 425 g/mol. The number of nitrogens with zero attached hydrogens (tertiary/aromatic N) is 1. The molecule has 0 unspecified atom stereocenters. The van der Waals surface area contributed by atoms with E-state index in [1.807, 2.05) is 19.1 Å². The van der Waals surface area contributed by atoms with Gasteiger partial charge in [-0.3, -0.25) is 0 Å². The molecule has 0 spiro atoms. The Morgan fingerprint density at radius 1 is 0.900 bits per heavy atom. The van der Waals surface area contributed by atoms with E-state index in [1.54, 1.807) is 14.2 Å². The average molecular weight is 425 g/mol. The van der Waals surface area contributed by atoms with Gasteiger partial charge in [-0.25, -0.2) is 4.99 Å². The molecule has 2 aromatic carbocycles. The molecular weight excluding hydrogens is 399 g/mol. The molecule has 0 atom stereocenters. The zero-order valence-corrected chi connectivity index (χ0v) is 17.4. The summed E-state index contributed by atoms with van der Waals surface area (Å²) in [7, 11) is 4.62. The lowest BCUT2D eigenvalue weighted by Gasteiger charge is -2.14. The Balaban J connectivity index is 2.11. The van der Waals surface area contributed by atoms with Crippen molar-refractivity contribution in [2.45, 2.75) is 26.2 Å². The third-order valence-corrected chi connectivity index (χ3v) is 4.23. The van der Waals surface area contributed by atoms with E-state index in [-0.39, 0.29) is 0 Å². The molecule has 0 saturated carbocycles. The molecule has 0 aliphatic rings. The van der Waals surface area contributed by atoms with Crippen molar-refractivity contribution >= 4 is 5.96 Å². The molecule has 164 valence electrons. The van der Waals surface area contributed by atoms with Crippen molar-refractivity contribution in [1.82, 2.24) is 10.6 Å². The molecule has 2 N–H and O–H groups in total. The van der Waals surface area contributed by atoms with Crippen LogP contribution in [0.4, 0.5) is 13.2 Å². The summed E-state index contributed by atoms with van der Waals surface area (Å²) in [4.78, 5) is 4.52. The summed E-state index contributed by atoms with van der Waals surface area (Å²) in [6.45, 7) is 3.22. The molecule has 0 amide bonds. The largest absolute Gasteiger partial charge is 0.493 e. The molecule has 0 aliphatic heterocycles. The number of hydrogen-bond donors (Lipinski definition) is 2. The molecule has 0 fully saturated rings. The standard InChI is InChI=1S/C21H26F3N3O3/c1-5-25-20(26-12-14-6-8-16(9-7-14)21(22,23)24)27-13-15-10-17(28-2)19(30-4)18(11-15)29-3/h6-11H,5,12-13H2,1-4H3,(H2,25,26,27). The lowest BCUT2D eigenvalue weighted by atomic mass is 10.1. The number of alkyl halides is 3. The number of halogens is 3. The highest BCUT2D eigenvalue weighted by Crippen LogP contribution is 2.38. The minimum atomic E-state index is -4.34. The smallest absolute Gasteiger partial charge is 0.416 e.